The first-order chi connectivity index (χ1) is 11.6. The van der Waals surface area contributed by atoms with Crippen LogP contribution in [0.3, 0.4) is 0 Å². The summed E-state index contributed by atoms with van der Waals surface area (Å²) in [6.45, 7) is 9.85. The van der Waals surface area contributed by atoms with Crippen molar-refractivity contribution in [2.75, 3.05) is 0 Å². The van der Waals surface area contributed by atoms with E-state index in [1.807, 2.05) is 6.08 Å². The van der Waals surface area contributed by atoms with Gasteiger partial charge in [-0.25, -0.2) is 0 Å². The molecule has 24 heavy (non-hydrogen) atoms. The summed E-state index contributed by atoms with van der Waals surface area (Å²) >= 11 is 0. The number of nitrogens with one attached hydrogen (secondary N) is 1. The first-order valence-corrected chi connectivity index (χ1v) is 8.34. The summed E-state index contributed by atoms with van der Waals surface area (Å²) in [5.74, 6) is 5.51. The first-order valence-electron chi connectivity index (χ1n) is 8.34. The molecule has 2 rings (SSSR count). The van der Waals surface area contributed by atoms with Gasteiger partial charge in [0.25, 0.3) is 0 Å². The standard InChI is InChI=1S/C21H27N3/c1-4-7-18-14-19(13-8-15(18)5-2)16-9-11-17(12-10-16)21(22)20(6-3)24-23/h5-6,8-14,20-21,24H,2-4,7,22-23H2,1H3. The first kappa shape index (κ1) is 18.1. The highest BCUT2D eigenvalue weighted by Gasteiger charge is 2.15. The van der Waals surface area contributed by atoms with Crippen molar-refractivity contribution in [3.63, 3.8) is 0 Å². The third-order valence-electron chi connectivity index (χ3n) is 4.34. The average Bonchev–Trinajstić information content (AvgIpc) is 2.63. The lowest BCUT2D eigenvalue weighted by molar-refractivity contribution is 0.523. The molecule has 0 aliphatic rings. The van der Waals surface area contributed by atoms with Crippen LogP contribution >= 0.6 is 0 Å². The highest BCUT2D eigenvalue weighted by atomic mass is 15.2. The second-order valence-electron chi connectivity index (χ2n) is 5.94. The van der Waals surface area contributed by atoms with Crippen LogP contribution in [0.25, 0.3) is 17.2 Å². The van der Waals surface area contributed by atoms with Crippen molar-refractivity contribution in [1.82, 2.24) is 5.43 Å². The summed E-state index contributed by atoms with van der Waals surface area (Å²) in [5, 5.41) is 0. The van der Waals surface area contributed by atoms with Gasteiger partial charge < -0.3 is 5.73 Å². The molecule has 2 aromatic rings. The molecule has 0 bridgehead atoms. The molecular weight excluding hydrogens is 294 g/mol. The molecule has 5 N–H and O–H groups in total. The average molecular weight is 321 g/mol. The van der Waals surface area contributed by atoms with Crippen molar-refractivity contribution in [3.05, 3.63) is 78.4 Å². The van der Waals surface area contributed by atoms with E-state index in [-0.39, 0.29) is 12.1 Å². The summed E-state index contributed by atoms with van der Waals surface area (Å²) in [6.07, 6.45) is 5.82. The van der Waals surface area contributed by atoms with Crippen molar-refractivity contribution in [3.8, 4) is 11.1 Å². The molecule has 3 nitrogen and oxygen atoms in total. The normalized spacial score (nSPS) is 13.3. The Bertz CT molecular complexity index is 689. The largest absolute Gasteiger partial charge is 0.322 e. The maximum absolute atomic E-state index is 6.23. The zero-order chi connectivity index (χ0) is 17.5. The van der Waals surface area contributed by atoms with Gasteiger partial charge in [0, 0.05) is 6.04 Å². The smallest absolute Gasteiger partial charge is 0.0581 e. The lowest BCUT2D eigenvalue weighted by Crippen LogP contribution is -2.41. The van der Waals surface area contributed by atoms with Gasteiger partial charge in [0.05, 0.1) is 6.04 Å². The van der Waals surface area contributed by atoms with Crippen LogP contribution in [-0.4, -0.2) is 6.04 Å². The van der Waals surface area contributed by atoms with E-state index in [0.29, 0.717) is 0 Å². The summed E-state index contributed by atoms with van der Waals surface area (Å²) in [7, 11) is 0. The Morgan fingerprint density at radius 2 is 1.75 bits per heavy atom. The topological polar surface area (TPSA) is 64.1 Å². The molecule has 0 saturated heterocycles. The highest BCUT2D eigenvalue weighted by Crippen LogP contribution is 2.26. The van der Waals surface area contributed by atoms with Gasteiger partial charge in [-0.15, -0.1) is 6.58 Å². The SMILES string of the molecule is C=Cc1ccc(-c2ccc(C(N)C(C=C)NN)cc2)cc1CCC. The van der Waals surface area contributed by atoms with Gasteiger partial charge in [-0.2, -0.15) is 0 Å². The number of benzene rings is 2. The number of hydrogen-bond acceptors (Lipinski definition) is 3. The van der Waals surface area contributed by atoms with E-state index in [1.165, 1.54) is 22.3 Å². The Balaban J connectivity index is 2.29. The van der Waals surface area contributed by atoms with E-state index in [9.17, 15) is 0 Å². The number of aryl methyl sites for hydroxylation is 1. The fourth-order valence-electron chi connectivity index (χ4n) is 2.89. The quantitative estimate of drug-likeness (QED) is 0.392. The van der Waals surface area contributed by atoms with Crippen LogP contribution in [0, 0.1) is 0 Å². The van der Waals surface area contributed by atoms with Gasteiger partial charge in [0.2, 0.25) is 0 Å². The summed E-state index contributed by atoms with van der Waals surface area (Å²) in [4.78, 5) is 0. The third-order valence-corrected chi connectivity index (χ3v) is 4.34. The summed E-state index contributed by atoms with van der Waals surface area (Å²) < 4.78 is 0. The zero-order valence-electron chi connectivity index (χ0n) is 14.3. The van der Waals surface area contributed by atoms with Crippen LogP contribution in [0.4, 0.5) is 0 Å². The summed E-state index contributed by atoms with van der Waals surface area (Å²) in [5.41, 5.74) is 14.9. The molecule has 0 fully saturated rings. The number of rotatable bonds is 8. The van der Waals surface area contributed by atoms with Crippen LogP contribution < -0.4 is 17.0 Å². The molecule has 2 aromatic carbocycles. The van der Waals surface area contributed by atoms with Gasteiger partial charge in [0.1, 0.15) is 0 Å². The Labute approximate surface area is 145 Å². The molecule has 0 aromatic heterocycles. The molecule has 0 radical (unpaired) electrons. The Hall–Kier alpha value is -2.20. The second-order valence-corrected chi connectivity index (χ2v) is 5.94. The monoisotopic (exact) mass is 321 g/mol. The minimum absolute atomic E-state index is 0.154. The molecule has 0 aliphatic carbocycles. The number of hydrazine groups is 1. The van der Waals surface area contributed by atoms with Crippen LogP contribution in [0.15, 0.2) is 61.7 Å². The van der Waals surface area contributed by atoms with E-state index < -0.39 is 0 Å². The lowest BCUT2D eigenvalue weighted by atomic mass is 9.94. The Kier molecular flexibility index (Phi) is 6.50. The maximum atomic E-state index is 6.23. The number of nitrogens with two attached hydrogens (primary N) is 2. The fourth-order valence-corrected chi connectivity index (χ4v) is 2.89. The Morgan fingerprint density at radius 3 is 2.29 bits per heavy atom. The molecule has 0 spiro atoms. The van der Waals surface area contributed by atoms with Crippen LogP contribution in [0.2, 0.25) is 0 Å². The molecule has 126 valence electrons. The minimum atomic E-state index is -0.222. The molecule has 0 saturated carbocycles. The van der Waals surface area contributed by atoms with Crippen LogP contribution in [-0.2, 0) is 6.42 Å². The van der Waals surface area contributed by atoms with Crippen molar-refractivity contribution in [2.45, 2.75) is 31.8 Å². The highest BCUT2D eigenvalue weighted by molar-refractivity contribution is 5.68. The van der Waals surface area contributed by atoms with Crippen LogP contribution in [0.1, 0.15) is 36.1 Å². The second kappa shape index (κ2) is 8.60. The zero-order valence-corrected chi connectivity index (χ0v) is 14.3. The molecule has 0 heterocycles. The maximum Gasteiger partial charge on any atom is 0.0581 e. The van der Waals surface area contributed by atoms with Crippen molar-refractivity contribution in [1.29, 1.82) is 0 Å². The minimum Gasteiger partial charge on any atom is -0.322 e. The molecule has 2 unspecified atom stereocenters. The predicted molar refractivity (Wildman–Crippen MR) is 104 cm³/mol. The van der Waals surface area contributed by atoms with Gasteiger partial charge in [-0.05, 0) is 34.2 Å². The molecular formula is C21H27N3. The van der Waals surface area contributed by atoms with Gasteiger partial charge >= 0.3 is 0 Å². The van der Waals surface area contributed by atoms with E-state index in [4.69, 9.17) is 11.6 Å². The molecule has 3 heteroatoms. The van der Waals surface area contributed by atoms with Crippen molar-refractivity contribution in [2.24, 2.45) is 11.6 Å². The van der Waals surface area contributed by atoms with E-state index in [2.05, 4.69) is 68.0 Å². The van der Waals surface area contributed by atoms with Gasteiger partial charge in [-0.1, -0.05) is 74.5 Å². The molecule has 2 atom stereocenters. The molecule has 0 amide bonds. The number of hydrogen-bond donors (Lipinski definition) is 3. The van der Waals surface area contributed by atoms with Gasteiger partial charge in [0.15, 0.2) is 0 Å². The lowest BCUT2D eigenvalue weighted by Gasteiger charge is -2.20. The van der Waals surface area contributed by atoms with Gasteiger partial charge in [-0.3, -0.25) is 11.3 Å². The molecule has 0 aliphatic heterocycles. The van der Waals surface area contributed by atoms with Crippen molar-refractivity contribution < 1.29 is 0 Å². The van der Waals surface area contributed by atoms with Crippen LogP contribution in [0.5, 0.6) is 0 Å². The van der Waals surface area contributed by atoms with E-state index >= 15 is 0 Å². The fraction of sp³-hybridized carbons (Fsp3) is 0.238. The van der Waals surface area contributed by atoms with Crippen molar-refractivity contribution >= 4 is 6.08 Å². The Morgan fingerprint density at radius 1 is 1.08 bits per heavy atom. The van der Waals surface area contributed by atoms with E-state index in [1.54, 1.807) is 6.08 Å². The third kappa shape index (κ3) is 4.01. The predicted octanol–water partition coefficient (Wildman–Crippen LogP) is 3.97. The summed E-state index contributed by atoms with van der Waals surface area (Å²) in [6, 6.07) is 14.5. The van der Waals surface area contributed by atoms with E-state index in [0.717, 1.165) is 18.4 Å².